The highest BCUT2D eigenvalue weighted by atomic mass is 15.1. The van der Waals surface area contributed by atoms with E-state index < -0.39 is 0 Å². The molecule has 52 heavy (non-hydrogen) atoms. The Kier molecular flexibility index (Phi) is 12.6. The molecule has 6 aromatic carbocycles. The Hall–Kier alpha value is -5.08. The van der Waals surface area contributed by atoms with E-state index in [-0.39, 0.29) is 0 Å². The molecule has 0 fully saturated rings. The summed E-state index contributed by atoms with van der Waals surface area (Å²) in [7, 11) is 0. The van der Waals surface area contributed by atoms with Crippen molar-refractivity contribution in [3.8, 4) is 11.1 Å². The van der Waals surface area contributed by atoms with E-state index >= 15 is 0 Å². The van der Waals surface area contributed by atoms with Crippen molar-refractivity contribution < 1.29 is 0 Å². The summed E-state index contributed by atoms with van der Waals surface area (Å²) in [5.41, 5.74) is 16.3. The highest BCUT2D eigenvalue weighted by Crippen LogP contribution is 2.39. The molecule has 0 bridgehead atoms. The van der Waals surface area contributed by atoms with Crippen LogP contribution in [0.3, 0.4) is 0 Å². The van der Waals surface area contributed by atoms with E-state index in [1.54, 1.807) is 0 Å². The molecule has 0 heterocycles. The molecule has 0 saturated carbocycles. The maximum Gasteiger partial charge on any atom is 0.0464 e. The summed E-state index contributed by atoms with van der Waals surface area (Å²) in [6, 6.07) is 52.3. The lowest BCUT2D eigenvalue weighted by Crippen LogP contribution is -2.10. The summed E-state index contributed by atoms with van der Waals surface area (Å²) >= 11 is 0. The van der Waals surface area contributed by atoms with Crippen molar-refractivity contribution in [2.24, 2.45) is 0 Å². The maximum atomic E-state index is 2.38. The van der Waals surface area contributed by atoms with Crippen LogP contribution < -0.4 is 9.80 Å². The molecule has 2 heteroatoms. The standard InChI is InChI=1S/C50H56N2/c1-6-9-12-40-16-27-45(28-17-40)51(46-29-18-41(19-30-46)13-10-7-2)48-33-22-43(23-34-48)44-24-35-49(36-25-44)52(50-26-15-38(4)39(5)37-50)47-31-20-42(21-32-47)14-11-8-3/h15-37H,6-14H2,1-5H3. The number of anilines is 6. The van der Waals surface area contributed by atoms with Gasteiger partial charge in [0.1, 0.15) is 0 Å². The molecule has 0 unspecified atom stereocenters. The fourth-order valence-corrected chi connectivity index (χ4v) is 6.94. The molecule has 0 aliphatic heterocycles. The first kappa shape index (κ1) is 36.7. The van der Waals surface area contributed by atoms with Crippen LogP contribution in [0.15, 0.2) is 140 Å². The number of hydrogen-bond donors (Lipinski definition) is 0. The van der Waals surface area contributed by atoms with Gasteiger partial charge in [-0.3, -0.25) is 0 Å². The molecule has 0 N–H and O–H groups in total. The van der Waals surface area contributed by atoms with Gasteiger partial charge >= 0.3 is 0 Å². The normalized spacial score (nSPS) is 11.1. The summed E-state index contributed by atoms with van der Waals surface area (Å²) in [5.74, 6) is 0. The monoisotopic (exact) mass is 684 g/mol. The van der Waals surface area contributed by atoms with E-state index in [2.05, 4.69) is 184 Å². The molecule has 0 aliphatic rings. The first-order valence-electron chi connectivity index (χ1n) is 19.6. The Labute approximate surface area is 313 Å². The van der Waals surface area contributed by atoms with Gasteiger partial charge in [-0.05, 0) is 164 Å². The van der Waals surface area contributed by atoms with Crippen LogP contribution in [0.4, 0.5) is 34.1 Å². The summed E-state index contributed by atoms with van der Waals surface area (Å²) in [6.07, 6.45) is 10.7. The average Bonchev–Trinajstić information content (AvgIpc) is 3.19. The summed E-state index contributed by atoms with van der Waals surface area (Å²) < 4.78 is 0. The van der Waals surface area contributed by atoms with E-state index in [1.165, 1.54) is 100 Å². The van der Waals surface area contributed by atoms with Crippen LogP contribution in [-0.2, 0) is 19.3 Å². The van der Waals surface area contributed by atoms with E-state index in [9.17, 15) is 0 Å². The van der Waals surface area contributed by atoms with Crippen molar-refractivity contribution in [3.63, 3.8) is 0 Å². The van der Waals surface area contributed by atoms with Gasteiger partial charge in [0.05, 0.1) is 0 Å². The second-order valence-electron chi connectivity index (χ2n) is 14.3. The number of rotatable bonds is 16. The van der Waals surface area contributed by atoms with Crippen molar-refractivity contribution in [1.82, 2.24) is 0 Å². The highest BCUT2D eigenvalue weighted by Gasteiger charge is 2.16. The number of hydrogen-bond acceptors (Lipinski definition) is 2. The number of benzene rings is 6. The molecular formula is C50H56N2. The smallest absolute Gasteiger partial charge is 0.0464 e. The van der Waals surface area contributed by atoms with Gasteiger partial charge in [-0.2, -0.15) is 0 Å². The van der Waals surface area contributed by atoms with Gasteiger partial charge in [-0.15, -0.1) is 0 Å². The molecule has 0 spiro atoms. The molecule has 2 nitrogen and oxygen atoms in total. The average molecular weight is 685 g/mol. The molecule has 0 aromatic heterocycles. The van der Waals surface area contributed by atoms with Gasteiger partial charge in [0, 0.05) is 34.1 Å². The largest absolute Gasteiger partial charge is 0.311 e. The predicted octanol–water partition coefficient (Wildman–Crippen LogP) is 14.9. The number of nitrogens with zero attached hydrogens (tertiary/aromatic N) is 2. The molecule has 0 amide bonds. The van der Waals surface area contributed by atoms with E-state index in [0.717, 1.165) is 30.6 Å². The first-order valence-corrected chi connectivity index (χ1v) is 19.6. The second kappa shape index (κ2) is 17.9. The van der Waals surface area contributed by atoms with Gasteiger partial charge in [0.25, 0.3) is 0 Å². The Morgan fingerprint density at radius 2 is 0.615 bits per heavy atom. The van der Waals surface area contributed by atoms with Crippen LogP contribution in [0.25, 0.3) is 11.1 Å². The number of unbranched alkanes of at least 4 members (excludes halogenated alkanes) is 3. The third-order valence-electron chi connectivity index (χ3n) is 10.4. The molecule has 6 rings (SSSR count). The van der Waals surface area contributed by atoms with Crippen LogP contribution in [0, 0.1) is 13.8 Å². The Morgan fingerprint density at radius 3 is 0.923 bits per heavy atom. The third-order valence-corrected chi connectivity index (χ3v) is 10.4. The Balaban J connectivity index is 1.29. The van der Waals surface area contributed by atoms with E-state index in [0.29, 0.717) is 0 Å². The fourth-order valence-electron chi connectivity index (χ4n) is 6.94. The lowest BCUT2D eigenvalue weighted by Gasteiger charge is -2.27. The molecule has 0 saturated heterocycles. The summed E-state index contributed by atoms with van der Waals surface area (Å²) in [5, 5.41) is 0. The molecular weight excluding hydrogens is 629 g/mol. The van der Waals surface area contributed by atoms with Crippen LogP contribution >= 0.6 is 0 Å². The number of aryl methyl sites for hydroxylation is 5. The van der Waals surface area contributed by atoms with Crippen LogP contribution in [0.5, 0.6) is 0 Å². The summed E-state index contributed by atoms with van der Waals surface area (Å²) in [6.45, 7) is 11.1. The fraction of sp³-hybridized carbons (Fsp3) is 0.280. The second-order valence-corrected chi connectivity index (χ2v) is 14.3. The molecule has 6 aromatic rings. The Morgan fingerprint density at radius 1 is 0.327 bits per heavy atom. The minimum Gasteiger partial charge on any atom is -0.311 e. The zero-order valence-electron chi connectivity index (χ0n) is 32.0. The van der Waals surface area contributed by atoms with Crippen molar-refractivity contribution in [2.75, 3.05) is 9.80 Å². The quantitative estimate of drug-likeness (QED) is 0.100. The van der Waals surface area contributed by atoms with Gasteiger partial charge in [0.2, 0.25) is 0 Å². The molecule has 266 valence electrons. The lowest BCUT2D eigenvalue weighted by molar-refractivity contribution is 0.795. The van der Waals surface area contributed by atoms with Crippen molar-refractivity contribution in [1.29, 1.82) is 0 Å². The predicted molar refractivity (Wildman–Crippen MR) is 227 cm³/mol. The summed E-state index contributed by atoms with van der Waals surface area (Å²) in [4.78, 5) is 4.76. The van der Waals surface area contributed by atoms with E-state index in [4.69, 9.17) is 0 Å². The molecule has 0 atom stereocenters. The zero-order valence-corrected chi connectivity index (χ0v) is 32.0. The van der Waals surface area contributed by atoms with Gasteiger partial charge < -0.3 is 9.80 Å². The van der Waals surface area contributed by atoms with E-state index in [1.807, 2.05) is 0 Å². The third kappa shape index (κ3) is 9.04. The lowest BCUT2D eigenvalue weighted by atomic mass is 10.0. The van der Waals surface area contributed by atoms with Gasteiger partial charge in [-0.1, -0.05) is 107 Å². The highest BCUT2D eigenvalue weighted by molar-refractivity contribution is 5.81. The van der Waals surface area contributed by atoms with Crippen LogP contribution in [0.1, 0.15) is 87.1 Å². The van der Waals surface area contributed by atoms with Gasteiger partial charge in [0.15, 0.2) is 0 Å². The minimum absolute atomic E-state index is 1.13. The zero-order chi connectivity index (χ0) is 36.3. The SMILES string of the molecule is CCCCc1ccc(N(c2ccc(CCCC)cc2)c2ccc(-c3ccc(N(c4ccc(CCCC)cc4)c4ccc(C)c(C)c4)cc3)cc2)cc1. The van der Waals surface area contributed by atoms with Crippen molar-refractivity contribution >= 4 is 34.1 Å². The van der Waals surface area contributed by atoms with Crippen LogP contribution in [-0.4, -0.2) is 0 Å². The first-order chi connectivity index (χ1) is 25.5. The minimum atomic E-state index is 1.13. The van der Waals surface area contributed by atoms with Crippen molar-refractivity contribution in [2.45, 2.75) is 92.4 Å². The van der Waals surface area contributed by atoms with Crippen molar-refractivity contribution in [3.05, 3.63) is 167 Å². The Bertz CT molecular complexity index is 1920. The molecule has 0 aliphatic carbocycles. The van der Waals surface area contributed by atoms with Crippen LogP contribution in [0.2, 0.25) is 0 Å². The topological polar surface area (TPSA) is 6.48 Å². The van der Waals surface area contributed by atoms with Gasteiger partial charge in [-0.25, -0.2) is 0 Å². The molecule has 0 radical (unpaired) electrons. The maximum absolute atomic E-state index is 2.38.